The second-order valence-corrected chi connectivity index (χ2v) is 9.70. The van der Waals surface area contributed by atoms with Crippen molar-refractivity contribution >= 4 is 33.8 Å². The highest BCUT2D eigenvalue weighted by atomic mass is 79.9. The second-order valence-electron chi connectivity index (χ2n) is 7.69. The van der Waals surface area contributed by atoms with Gasteiger partial charge in [0.1, 0.15) is 6.61 Å². The van der Waals surface area contributed by atoms with E-state index in [1.165, 1.54) is 4.90 Å². The number of carbonyl (C=O) groups excluding carboxylic acids is 1. The largest absolute Gasteiger partial charge is 0.445 e. The van der Waals surface area contributed by atoms with Crippen LogP contribution < -0.4 is 5.32 Å². The monoisotopic (exact) mass is 491 g/mol. The van der Waals surface area contributed by atoms with Gasteiger partial charge in [-0.05, 0) is 42.2 Å². The molecule has 2 aromatic rings. The van der Waals surface area contributed by atoms with Crippen molar-refractivity contribution in [3.63, 3.8) is 0 Å². The van der Waals surface area contributed by atoms with E-state index in [9.17, 15) is 4.79 Å². The van der Waals surface area contributed by atoms with E-state index >= 15 is 0 Å². The van der Waals surface area contributed by atoms with E-state index in [1.54, 1.807) is 11.8 Å². The molecule has 1 saturated heterocycles. The number of hydrogen-bond acceptors (Lipinski definition) is 5. The first-order chi connectivity index (χ1) is 14.6. The summed E-state index contributed by atoms with van der Waals surface area (Å²) in [5, 5.41) is 3.10. The molecular weight excluding hydrogens is 466 g/mol. The van der Waals surface area contributed by atoms with Gasteiger partial charge in [0.25, 0.3) is 0 Å². The first-order valence-electron chi connectivity index (χ1n) is 10.3. The normalized spacial score (nSPS) is 22.7. The van der Waals surface area contributed by atoms with Crippen molar-refractivity contribution in [2.24, 2.45) is 5.92 Å². The number of nitrogens with one attached hydrogen (secondary N) is 1. The van der Waals surface area contributed by atoms with Gasteiger partial charge in [0.2, 0.25) is 0 Å². The van der Waals surface area contributed by atoms with E-state index in [1.807, 2.05) is 42.5 Å². The van der Waals surface area contributed by atoms with Crippen LogP contribution in [-0.2, 0) is 20.8 Å². The van der Waals surface area contributed by atoms with Crippen molar-refractivity contribution < 1.29 is 19.0 Å². The Labute approximate surface area is 190 Å². The lowest BCUT2D eigenvalue weighted by molar-refractivity contribution is -0.188. The molecule has 0 aromatic heterocycles. The summed E-state index contributed by atoms with van der Waals surface area (Å²) in [5.41, 5.74) is 0.977. The number of rotatable bonds is 6. The Bertz CT molecular complexity index is 827. The lowest BCUT2D eigenvalue weighted by Crippen LogP contribution is -2.50. The van der Waals surface area contributed by atoms with Crippen molar-refractivity contribution in [2.45, 2.75) is 42.6 Å². The van der Waals surface area contributed by atoms with Gasteiger partial charge in [-0.1, -0.05) is 46.3 Å². The molecule has 2 unspecified atom stereocenters. The van der Waals surface area contributed by atoms with Gasteiger partial charge in [-0.15, -0.1) is 11.8 Å². The standard InChI is InChI=1S/C23H26BrNO4S/c24-19-6-8-20(9-7-19)30-16-18-14-23(28-12-13-29-23)11-10-21(18)25-22(26)27-15-17-4-2-1-3-5-17/h1-9,18,21H,10-16H2,(H,25,26). The smallest absolute Gasteiger partial charge is 0.407 e. The van der Waals surface area contributed by atoms with E-state index in [0.29, 0.717) is 13.2 Å². The molecule has 2 fully saturated rings. The summed E-state index contributed by atoms with van der Waals surface area (Å²) >= 11 is 5.27. The highest BCUT2D eigenvalue weighted by molar-refractivity contribution is 9.10. The number of hydrogen-bond donors (Lipinski definition) is 1. The molecule has 4 rings (SSSR count). The van der Waals surface area contributed by atoms with Crippen LogP contribution in [0.5, 0.6) is 0 Å². The molecule has 0 radical (unpaired) electrons. The van der Waals surface area contributed by atoms with Crippen molar-refractivity contribution in [1.29, 1.82) is 0 Å². The Hall–Kier alpha value is -1.54. The van der Waals surface area contributed by atoms with Crippen molar-refractivity contribution in [2.75, 3.05) is 19.0 Å². The quantitative estimate of drug-likeness (QED) is 0.549. The van der Waals surface area contributed by atoms with Gasteiger partial charge in [0, 0.05) is 34.0 Å². The first-order valence-corrected chi connectivity index (χ1v) is 12.0. The van der Waals surface area contributed by atoms with Gasteiger partial charge >= 0.3 is 6.09 Å². The number of amides is 1. The zero-order valence-electron chi connectivity index (χ0n) is 16.7. The average molecular weight is 492 g/mol. The molecule has 1 spiro atoms. The van der Waals surface area contributed by atoms with E-state index in [4.69, 9.17) is 14.2 Å². The lowest BCUT2D eigenvalue weighted by Gasteiger charge is -2.41. The van der Waals surface area contributed by atoms with Crippen LogP contribution in [0.15, 0.2) is 64.0 Å². The Morgan fingerprint density at radius 1 is 1.13 bits per heavy atom. The molecule has 1 amide bonds. The highest BCUT2D eigenvalue weighted by Crippen LogP contribution is 2.41. The summed E-state index contributed by atoms with van der Waals surface area (Å²) in [5.74, 6) is 0.617. The molecule has 2 atom stereocenters. The maximum absolute atomic E-state index is 12.4. The summed E-state index contributed by atoms with van der Waals surface area (Å²) in [4.78, 5) is 13.7. The van der Waals surface area contributed by atoms with Crippen molar-refractivity contribution in [3.8, 4) is 0 Å². The van der Waals surface area contributed by atoms with Gasteiger partial charge in [0.05, 0.1) is 13.2 Å². The average Bonchev–Trinajstić information content (AvgIpc) is 3.22. The molecule has 7 heteroatoms. The predicted molar refractivity (Wildman–Crippen MR) is 120 cm³/mol. The maximum atomic E-state index is 12.4. The molecule has 2 aliphatic rings. The molecule has 1 aliphatic heterocycles. The van der Waals surface area contributed by atoms with E-state index in [2.05, 4.69) is 33.4 Å². The predicted octanol–water partition coefficient (Wildman–Crippen LogP) is 5.38. The van der Waals surface area contributed by atoms with Crippen molar-refractivity contribution in [1.82, 2.24) is 5.32 Å². The minimum Gasteiger partial charge on any atom is -0.445 e. The number of thioether (sulfide) groups is 1. The van der Waals surface area contributed by atoms with Crippen LogP contribution in [0.3, 0.4) is 0 Å². The van der Waals surface area contributed by atoms with Gasteiger partial charge < -0.3 is 19.5 Å². The molecule has 1 heterocycles. The number of halogens is 1. The van der Waals surface area contributed by atoms with E-state index < -0.39 is 5.79 Å². The number of benzene rings is 2. The topological polar surface area (TPSA) is 56.8 Å². The minimum atomic E-state index is -0.489. The third-order valence-corrected chi connectivity index (χ3v) is 7.31. The first kappa shape index (κ1) is 21.7. The number of ether oxygens (including phenoxy) is 3. The summed E-state index contributed by atoms with van der Waals surface area (Å²) in [6.45, 7) is 1.56. The fraction of sp³-hybridized carbons (Fsp3) is 0.435. The lowest BCUT2D eigenvalue weighted by atomic mass is 9.81. The number of alkyl carbamates (subject to hydrolysis) is 1. The molecule has 30 heavy (non-hydrogen) atoms. The number of carbonyl (C=O) groups is 1. The van der Waals surface area contributed by atoms with Gasteiger partial charge in [-0.2, -0.15) is 0 Å². The van der Waals surface area contributed by atoms with Crippen LogP contribution in [0, 0.1) is 5.92 Å². The van der Waals surface area contributed by atoms with E-state index in [0.717, 1.165) is 35.1 Å². The molecule has 5 nitrogen and oxygen atoms in total. The molecule has 2 aromatic carbocycles. The minimum absolute atomic E-state index is 0.0367. The van der Waals surface area contributed by atoms with Crippen LogP contribution in [0.25, 0.3) is 0 Å². The molecule has 160 valence electrons. The Balaban J connectivity index is 1.36. The molecular formula is C23H26BrNO4S. The molecule has 1 saturated carbocycles. The third-order valence-electron chi connectivity index (χ3n) is 5.59. The Kier molecular flexibility index (Phi) is 7.36. The third kappa shape index (κ3) is 5.78. The van der Waals surface area contributed by atoms with Crippen LogP contribution in [-0.4, -0.2) is 36.9 Å². The van der Waals surface area contributed by atoms with Crippen LogP contribution in [0.2, 0.25) is 0 Å². The summed E-state index contributed by atoms with van der Waals surface area (Å²) < 4.78 is 18.4. The zero-order chi connectivity index (χ0) is 20.8. The molecule has 0 bridgehead atoms. The summed E-state index contributed by atoms with van der Waals surface area (Å²) in [6, 6.07) is 18.1. The fourth-order valence-corrected chi connectivity index (χ4v) is 5.38. The second kappa shape index (κ2) is 10.2. The van der Waals surface area contributed by atoms with Gasteiger partial charge in [-0.25, -0.2) is 4.79 Å². The van der Waals surface area contributed by atoms with Crippen LogP contribution in [0.4, 0.5) is 4.79 Å². The van der Waals surface area contributed by atoms with E-state index in [-0.39, 0.29) is 24.7 Å². The fourth-order valence-electron chi connectivity index (χ4n) is 4.03. The maximum Gasteiger partial charge on any atom is 0.407 e. The van der Waals surface area contributed by atoms with Gasteiger partial charge in [-0.3, -0.25) is 0 Å². The Morgan fingerprint density at radius 2 is 1.87 bits per heavy atom. The summed E-state index contributed by atoms with van der Waals surface area (Å²) in [6.07, 6.45) is 2.01. The summed E-state index contributed by atoms with van der Waals surface area (Å²) in [7, 11) is 0. The molecule has 1 aliphatic carbocycles. The molecule has 1 N–H and O–H groups in total. The van der Waals surface area contributed by atoms with Crippen molar-refractivity contribution in [3.05, 3.63) is 64.6 Å². The van der Waals surface area contributed by atoms with Crippen LogP contribution >= 0.6 is 27.7 Å². The highest BCUT2D eigenvalue weighted by Gasteiger charge is 2.45. The SMILES string of the molecule is O=C(NC1CCC2(CC1CSc1ccc(Br)cc1)OCCO2)OCc1ccccc1. The van der Waals surface area contributed by atoms with Crippen LogP contribution in [0.1, 0.15) is 24.8 Å². The zero-order valence-corrected chi connectivity index (χ0v) is 19.1. The Morgan fingerprint density at radius 3 is 2.60 bits per heavy atom. The van der Waals surface area contributed by atoms with Gasteiger partial charge in [0.15, 0.2) is 5.79 Å².